The van der Waals surface area contributed by atoms with Crippen LogP contribution in [0.25, 0.3) is 6.08 Å². The fourth-order valence-electron chi connectivity index (χ4n) is 3.46. The molecular formula is C27H24INO4. The van der Waals surface area contributed by atoms with E-state index in [1.807, 2.05) is 62.4 Å². The molecule has 1 heterocycles. The number of cyclic esters (lactones) is 1. The highest BCUT2D eigenvalue weighted by atomic mass is 127. The van der Waals surface area contributed by atoms with E-state index in [0.717, 1.165) is 25.8 Å². The predicted octanol–water partition coefficient (Wildman–Crippen LogP) is 6.23. The van der Waals surface area contributed by atoms with Crippen molar-refractivity contribution in [1.82, 2.24) is 0 Å². The van der Waals surface area contributed by atoms with Gasteiger partial charge in [-0.05, 0) is 90.4 Å². The molecule has 0 saturated carbocycles. The minimum absolute atomic E-state index is 0.248. The maximum Gasteiger partial charge on any atom is 0.363 e. The van der Waals surface area contributed by atoms with E-state index in [-0.39, 0.29) is 5.70 Å². The van der Waals surface area contributed by atoms with Crippen LogP contribution in [0.3, 0.4) is 0 Å². The lowest BCUT2D eigenvalue weighted by Gasteiger charge is -2.15. The van der Waals surface area contributed by atoms with Gasteiger partial charge in [-0.3, -0.25) is 0 Å². The Kier molecular flexibility index (Phi) is 7.13. The summed E-state index contributed by atoms with van der Waals surface area (Å²) in [6.45, 7) is 6.91. The van der Waals surface area contributed by atoms with Crippen LogP contribution in [0.5, 0.6) is 11.5 Å². The quantitative estimate of drug-likeness (QED) is 0.198. The number of carbonyl (C=O) groups is 1. The maximum absolute atomic E-state index is 12.4. The molecule has 0 fully saturated rings. The van der Waals surface area contributed by atoms with Crippen molar-refractivity contribution in [2.45, 2.75) is 27.4 Å². The summed E-state index contributed by atoms with van der Waals surface area (Å²) in [4.78, 5) is 16.9. The molecule has 0 aliphatic carbocycles. The van der Waals surface area contributed by atoms with Crippen LogP contribution < -0.4 is 9.47 Å². The molecule has 0 radical (unpaired) electrons. The lowest BCUT2D eigenvalue weighted by molar-refractivity contribution is -0.129. The number of halogens is 1. The summed E-state index contributed by atoms with van der Waals surface area (Å²) >= 11 is 2.23. The summed E-state index contributed by atoms with van der Waals surface area (Å²) in [5, 5.41) is 0. The Hall–Kier alpha value is -3.13. The molecule has 168 valence electrons. The number of benzene rings is 3. The van der Waals surface area contributed by atoms with Gasteiger partial charge in [0.15, 0.2) is 17.2 Å². The molecule has 0 unspecified atom stereocenters. The molecule has 3 aromatic carbocycles. The third-order valence-corrected chi connectivity index (χ3v) is 5.96. The minimum Gasteiger partial charge on any atom is -0.490 e. The molecule has 0 amide bonds. The van der Waals surface area contributed by atoms with Gasteiger partial charge in [-0.2, -0.15) is 0 Å². The molecule has 0 aromatic heterocycles. The number of aryl methyl sites for hydroxylation is 2. The van der Waals surface area contributed by atoms with Gasteiger partial charge < -0.3 is 14.2 Å². The van der Waals surface area contributed by atoms with Crippen molar-refractivity contribution in [3.05, 3.63) is 97.7 Å². The molecule has 0 spiro atoms. The monoisotopic (exact) mass is 553 g/mol. The Labute approximate surface area is 207 Å². The van der Waals surface area contributed by atoms with Gasteiger partial charge in [0.2, 0.25) is 5.90 Å². The highest BCUT2D eigenvalue weighted by molar-refractivity contribution is 14.1. The average molecular weight is 553 g/mol. The van der Waals surface area contributed by atoms with E-state index in [1.165, 1.54) is 5.56 Å². The van der Waals surface area contributed by atoms with E-state index in [9.17, 15) is 4.79 Å². The number of rotatable bonds is 7. The molecule has 6 heteroatoms. The first-order chi connectivity index (χ1) is 15.9. The number of carbonyl (C=O) groups excluding carboxylic acids is 1. The molecule has 5 nitrogen and oxygen atoms in total. The molecule has 0 atom stereocenters. The second kappa shape index (κ2) is 10.2. The summed E-state index contributed by atoms with van der Waals surface area (Å²) in [6.07, 6.45) is 1.71. The summed E-state index contributed by atoms with van der Waals surface area (Å²) < 4.78 is 18.3. The van der Waals surface area contributed by atoms with Gasteiger partial charge in [0.1, 0.15) is 6.61 Å². The van der Waals surface area contributed by atoms with Crippen molar-refractivity contribution in [2.24, 2.45) is 4.99 Å². The Balaban J connectivity index is 1.62. The Morgan fingerprint density at radius 2 is 1.85 bits per heavy atom. The van der Waals surface area contributed by atoms with Crippen molar-refractivity contribution in [3.8, 4) is 11.5 Å². The van der Waals surface area contributed by atoms with Gasteiger partial charge >= 0.3 is 5.97 Å². The minimum atomic E-state index is -0.473. The number of esters is 1. The van der Waals surface area contributed by atoms with Crippen LogP contribution in [0.2, 0.25) is 0 Å². The Morgan fingerprint density at radius 3 is 2.61 bits per heavy atom. The van der Waals surface area contributed by atoms with Crippen LogP contribution in [0.4, 0.5) is 0 Å². The lowest BCUT2D eigenvalue weighted by Crippen LogP contribution is -2.05. The van der Waals surface area contributed by atoms with Gasteiger partial charge in [0, 0.05) is 5.56 Å². The predicted molar refractivity (Wildman–Crippen MR) is 138 cm³/mol. The highest BCUT2D eigenvalue weighted by Crippen LogP contribution is 2.36. The second-order valence-electron chi connectivity index (χ2n) is 7.68. The second-order valence-corrected chi connectivity index (χ2v) is 8.85. The molecule has 1 aliphatic rings. The maximum atomic E-state index is 12.4. The summed E-state index contributed by atoms with van der Waals surface area (Å²) in [5.74, 6) is 1.15. The zero-order valence-corrected chi connectivity index (χ0v) is 20.9. The van der Waals surface area contributed by atoms with Crippen LogP contribution in [0.1, 0.15) is 34.7 Å². The molecule has 33 heavy (non-hydrogen) atoms. The van der Waals surface area contributed by atoms with E-state index in [0.29, 0.717) is 30.6 Å². The van der Waals surface area contributed by atoms with Gasteiger partial charge in [0.25, 0.3) is 0 Å². The molecule has 4 rings (SSSR count). The molecule has 1 aliphatic heterocycles. The SMILES string of the molecule is CCOc1cc(C=C2N=C(c3cccc(C)c3)OC2=O)cc(I)c1OCc1ccccc1C. The number of ether oxygens (including phenoxy) is 3. The molecule has 0 N–H and O–H groups in total. The third kappa shape index (κ3) is 5.45. The van der Waals surface area contributed by atoms with Crippen LogP contribution in [-0.2, 0) is 16.1 Å². The summed E-state index contributed by atoms with van der Waals surface area (Å²) in [6, 6.07) is 19.6. The van der Waals surface area contributed by atoms with E-state index < -0.39 is 5.97 Å². The molecule has 0 saturated heterocycles. The normalized spacial score (nSPS) is 14.2. The van der Waals surface area contributed by atoms with Crippen molar-refractivity contribution >= 4 is 40.5 Å². The number of hydrogen-bond donors (Lipinski definition) is 0. The first-order valence-electron chi connectivity index (χ1n) is 10.7. The fraction of sp³-hybridized carbons (Fsp3) is 0.185. The zero-order valence-electron chi connectivity index (χ0n) is 18.7. The highest BCUT2D eigenvalue weighted by Gasteiger charge is 2.24. The smallest absolute Gasteiger partial charge is 0.363 e. The summed E-state index contributed by atoms with van der Waals surface area (Å²) in [5.41, 5.74) is 5.17. The lowest BCUT2D eigenvalue weighted by atomic mass is 10.1. The first kappa shape index (κ1) is 23.0. The van der Waals surface area contributed by atoms with Crippen molar-refractivity contribution < 1.29 is 19.0 Å². The topological polar surface area (TPSA) is 57.1 Å². The van der Waals surface area contributed by atoms with Gasteiger partial charge in [0.05, 0.1) is 10.2 Å². The Morgan fingerprint density at radius 1 is 1.03 bits per heavy atom. The fourth-order valence-corrected chi connectivity index (χ4v) is 4.25. The first-order valence-corrected chi connectivity index (χ1v) is 11.8. The molecule has 0 bridgehead atoms. The molecule has 3 aromatic rings. The van der Waals surface area contributed by atoms with Crippen LogP contribution in [0, 0.1) is 17.4 Å². The number of hydrogen-bond acceptors (Lipinski definition) is 5. The van der Waals surface area contributed by atoms with E-state index in [4.69, 9.17) is 14.2 Å². The van der Waals surface area contributed by atoms with Gasteiger partial charge in [-0.1, -0.05) is 42.0 Å². The van der Waals surface area contributed by atoms with Crippen LogP contribution in [0.15, 0.2) is 71.4 Å². The van der Waals surface area contributed by atoms with Crippen molar-refractivity contribution in [3.63, 3.8) is 0 Å². The van der Waals surface area contributed by atoms with Crippen LogP contribution >= 0.6 is 22.6 Å². The molecular weight excluding hydrogens is 529 g/mol. The van der Waals surface area contributed by atoms with Gasteiger partial charge in [-0.15, -0.1) is 0 Å². The van der Waals surface area contributed by atoms with Crippen molar-refractivity contribution in [2.75, 3.05) is 6.61 Å². The number of nitrogens with zero attached hydrogens (tertiary/aromatic N) is 1. The van der Waals surface area contributed by atoms with Gasteiger partial charge in [-0.25, -0.2) is 9.79 Å². The van der Waals surface area contributed by atoms with E-state index in [1.54, 1.807) is 6.08 Å². The van der Waals surface area contributed by atoms with Crippen molar-refractivity contribution in [1.29, 1.82) is 0 Å². The Bertz CT molecular complexity index is 1260. The zero-order chi connectivity index (χ0) is 23.4. The standard InChI is InChI=1S/C27H24INO4/c1-4-31-24-15-19(13-22(28)25(24)32-16-21-10-6-5-9-18(21)3)14-23-27(30)33-26(29-23)20-11-7-8-17(2)12-20/h5-15H,4,16H2,1-3H3. The van der Waals surface area contributed by atoms with E-state index in [2.05, 4.69) is 46.6 Å². The third-order valence-electron chi connectivity index (χ3n) is 5.15. The number of aliphatic imine (C=N–C) groups is 1. The average Bonchev–Trinajstić information content (AvgIpc) is 3.15. The summed E-state index contributed by atoms with van der Waals surface area (Å²) in [7, 11) is 0. The largest absolute Gasteiger partial charge is 0.490 e. The van der Waals surface area contributed by atoms with E-state index >= 15 is 0 Å². The van der Waals surface area contributed by atoms with Crippen LogP contribution in [-0.4, -0.2) is 18.5 Å².